The third-order valence-corrected chi connectivity index (χ3v) is 5.99. The van der Waals surface area contributed by atoms with Gasteiger partial charge in [0, 0.05) is 23.3 Å². The van der Waals surface area contributed by atoms with Gasteiger partial charge in [0.1, 0.15) is 0 Å². The van der Waals surface area contributed by atoms with E-state index in [1.807, 2.05) is 12.1 Å². The fourth-order valence-electron chi connectivity index (χ4n) is 4.38. The Hall–Kier alpha value is -2.95. The molecule has 2 aromatic carbocycles. The number of anilines is 2. The number of para-hydroxylation sites is 1. The first kappa shape index (κ1) is 19.4. The molecule has 0 bridgehead atoms. The summed E-state index contributed by atoms with van der Waals surface area (Å²) in [5, 5.41) is 17.9. The number of carbonyl (C=O) groups is 1. The van der Waals surface area contributed by atoms with Crippen molar-refractivity contribution in [1.29, 1.82) is 0 Å². The lowest BCUT2D eigenvalue weighted by Gasteiger charge is -2.34. The number of hydrogen-bond donors (Lipinski definition) is 3. The van der Waals surface area contributed by atoms with E-state index >= 15 is 0 Å². The van der Waals surface area contributed by atoms with Crippen LogP contribution in [0.1, 0.15) is 49.4 Å². The standard InChI is InChI=1S/C24H28N2O3/c1-13-9-16-17(10-14(13)2)26-22(15-7-6-8-20(29-5)23(15)28)21-18(25-16)11-24(3,4)12-19(21)27/h6-10,22,25-26,28H,11-12H2,1-5H3. The maximum Gasteiger partial charge on any atom is 0.163 e. The third kappa shape index (κ3) is 3.35. The number of ether oxygens (including phenoxy) is 1. The second-order valence-corrected chi connectivity index (χ2v) is 8.92. The monoisotopic (exact) mass is 392 g/mol. The van der Waals surface area contributed by atoms with Gasteiger partial charge in [-0.05, 0) is 55.0 Å². The number of rotatable bonds is 2. The van der Waals surface area contributed by atoms with Gasteiger partial charge in [0.2, 0.25) is 0 Å². The van der Waals surface area contributed by atoms with Crippen LogP contribution < -0.4 is 15.4 Å². The van der Waals surface area contributed by atoms with Crippen molar-refractivity contribution in [3.05, 3.63) is 58.3 Å². The highest BCUT2D eigenvalue weighted by molar-refractivity contribution is 6.01. The number of Topliss-reactive ketones (excluding diaryl/α,β-unsaturated/α-hetero) is 1. The van der Waals surface area contributed by atoms with Gasteiger partial charge >= 0.3 is 0 Å². The van der Waals surface area contributed by atoms with E-state index in [1.54, 1.807) is 6.07 Å². The summed E-state index contributed by atoms with van der Waals surface area (Å²) >= 11 is 0. The number of nitrogens with one attached hydrogen (secondary N) is 2. The van der Waals surface area contributed by atoms with Crippen molar-refractivity contribution in [2.24, 2.45) is 5.41 Å². The van der Waals surface area contributed by atoms with Crippen LogP contribution in [0.25, 0.3) is 0 Å². The fourth-order valence-corrected chi connectivity index (χ4v) is 4.38. The summed E-state index contributed by atoms with van der Waals surface area (Å²) in [6.45, 7) is 8.39. The molecule has 4 rings (SSSR count). The Morgan fingerprint density at radius 2 is 1.79 bits per heavy atom. The molecule has 5 nitrogen and oxygen atoms in total. The summed E-state index contributed by atoms with van der Waals surface area (Å²) in [5.41, 5.74) is 6.36. The molecule has 0 spiro atoms. The Bertz CT molecular complexity index is 1040. The molecule has 0 saturated heterocycles. The first-order valence-electron chi connectivity index (χ1n) is 9.97. The Morgan fingerprint density at radius 3 is 2.48 bits per heavy atom. The summed E-state index contributed by atoms with van der Waals surface area (Å²) in [5.74, 6) is 0.557. The van der Waals surface area contributed by atoms with Crippen LogP contribution in [0.15, 0.2) is 41.6 Å². The number of allylic oxidation sites excluding steroid dienone is 1. The lowest BCUT2D eigenvalue weighted by molar-refractivity contribution is -0.118. The lowest BCUT2D eigenvalue weighted by Crippen LogP contribution is -2.31. The van der Waals surface area contributed by atoms with Crippen molar-refractivity contribution in [2.75, 3.05) is 17.7 Å². The van der Waals surface area contributed by atoms with Crippen LogP contribution in [0.2, 0.25) is 0 Å². The minimum Gasteiger partial charge on any atom is -0.504 e. The smallest absolute Gasteiger partial charge is 0.163 e. The van der Waals surface area contributed by atoms with Crippen LogP contribution in [0.3, 0.4) is 0 Å². The Labute approximate surface area is 171 Å². The lowest BCUT2D eigenvalue weighted by atomic mass is 9.73. The van der Waals surface area contributed by atoms with Gasteiger partial charge in [-0.3, -0.25) is 4.79 Å². The summed E-state index contributed by atoms with van der Waals surface area (Å²) in [6.07, 6.45) is 1.24. The molecule has 1 aliphatic carbocycles. The first-order valence-corrected chi connectivity index (χ1v) is 9.97. The number of carbonyl (C=O) groups excluding carboxylic acids is 1. The SMILES string of the molecule is COc1cccc(C2Nc3cc(C)c(C)cc3NC3=C2C(=O)CC(C)(C)C3)c1O. The van der Waals surface area contributed by atoms with Crippen LogP contribution in [0.4, 0.5) is 11.4 Å². The van der Waals surface area contributed by atoms with Crippen LogP contribution >= 0.6 is 0 Å². The van der Waals surface area contributed by atoms with Gasteiger partial charge in [-0.1, -0.05) is 26.0 Å². The van der Waals surface area contributed by atoms with Crippen LogP contribution in [-0.4, -0.2) is 18.0 Å². The highest BCUT2D eigenvalue weighted by Crippen LogP contribution is 2.48. The van der Waals surface area contributed by atoms with Crippen molar-refractivity contribution >= 4 is 17.2 Å². The maximum atomic E-state index is 13.3. The molecular weight excluding hydrogens is 364 g/mol. The van der Waals surface area contributed by atoms with Gasteiger partial charge in [0.25, 0.3) is 0 Å². The highest BCUT2D eigenvalue weighted by atomic mass is 16.5. The second kappa shape index (κ2) is 6.83. The van der Waals surface area contributed by atoms with Crippen LogP contribution in [-0.2, 0) is 4.79 Å². The Balaban J connectivity index is 1.94. The van der Waals surface area contributed by atoms with Gasteiger partial charge in [-0.2, -0.15) is 0 Å². The van der Waals surface area contributed by atoms with E-state index in [0.717, 1.165) is 29.1 Å². The molecule has 1 atom stereocenters. The average Bonchev–Trinajstić information content (AvgIpc) is 2.78. The number of methoxy groups -OCH3 is 1. The number of fused-ring (bicyclic) bond motifs is 1. The maximum absolute atomic E-state index is 13.3. The van der Waals surface area contributed by atoms with E-state index in [9.17, 15) is 9.90 Å². The third-order valence-electron chi connectivity index (χ3n) is 5.99. The van der Waals surface area contributed by atoms with E-state index in [1.165, 1.54) is 12.7 Å². The van der Waals surface area contributed by atoms with Crippen molar-refractivity contribution < 1.29 is 14.6 Å². The number of phenols is 1. The molecule has 5 heteroatoms. The number of ketones is 1. The number of aryl methyl sites for hydroxylation is 2. The largest absolute Gasteiger partial charge is 0.504 e. The fraction of sp³-hybridized carbons (Fsp3) is 0.375. The van der Waals surface area contributed by atoms with E-state index in [-0.39, 0.29) is 16.9 Å². The van der Waals surface area contributed by atoms with Gasteiger partial charge in [-0.25, -0.2) is 0 Å². The predicted molar refractivity (Wildman–Crippen MR) is 116 cm³/mol. The number of benzene rings is 2. The first-order chi connectivity index (χ1) is 13.7. The molecule has 0 amide bonds. The van der Waals surface area contributed by atoms with Crippen molar-refractivity contribution in [2.45, 2.75) is 46.6 Å². The number of phenolic OH excluding ortho intramolecular Hbond substituents is 1. The molecule has 2 aliphatic rings. The number of aromatic hydroxyl groups is 1. The molecule has 2 aromatic rings. The normalized spacial score (nSPS) is 20.2. The molecule has 0 aromatic heterocycles. The molecular formula is C24H28N2O3. The van der Waals surface area contributed by atoms with Crippen molar-refractivity contribution in [3.8, 4) is 11.5 Å². The average molecular weight is 392 g/mol. The molecule has 1 unspecified atom stereocenters. The van der Waals surface area contributed by atoms with Crippen molar-refractivity contribution in [3.63, 3.8) is 0 Å². The minimum absolute atomic E-state index is 0.0595. The Kier molecular flexibility index (Phi) is 4.56. The molecule has 1 aliphatic heterocycles. The van der Waals surface area contributed by atoms with Gasteiger partial charge < -0.3 is 20.5 Å². The molecule has 152 valence electrons. The van der Waals surface area contributed by atoms with E-state index in [2.05, 4.69) is 50.5 Å². The Morgan fingerprint density at radius 1 is 1.10 bits per heavy atom. The molecule has 0 fully saturated rings. The van der Waals surface area contributed by atoms with Gasteiger partial charge in [0.05, 0.1) is 24.5 Å². The molecule has 1 heterocycles. The van der Waals surface area contributed by atoms with E-state index in [0.29, 0.717) is 23.3 Å². The van der Waals surface area contributed by atoms with Gasteiger partial charge in [-0.15, -0.1) is 0 Å². The summed E-state index contributed by atoms with van der Waals surface area (Å²) in [6, 6.07) is 9.15. The second-order valence-electron chi connectivity index (χ2n) is 8.92. The predicted octanol–water partition coefficient (Wildman–Crippen LogP) is 5.24. The molecule has 0 radical (unpaired) electrons. The van der Waals surface area contributed by atoms with E-state index < -0.39 is 6.04 Å². The number of hydrogen-bond acceptors (Lipinski definition) is 5. The molecule has 29 heavy (non-hydrogen) atoms. The zero-order chi connectivity index (χ0) is 20.9. The van der Waals surface area contributed by atoms with Crippen LogP contribution in [0, 0.1) is 19.3 Å². The summed E-state index contributed by atoms with van der Waals surface area (Å²) < 4.78 is 5.31. The zero-order valence-electron chi connectivity index (χ0n) is 17.6. The van der Waals surface area contributed by atoms with E-state index in [4.69, 9.17) is 4.74 Å². The van der Waals surface area contributed by atoms with Crippen molar-refractivity contribution in [1.82, 2.24) is 0 Å². The summed E-state index contributed by atoms with van der Waals surface area (Å²) in [7, 11) is 1.53. The molecule has 3 N–H and O–H groups in total. The highest BCUT2D eigenvalue weighted by Gasteiger charge is 2.39. The minimum atomic E-state index is -0.459. The topological polar surface area (TPSA) is 70.6 Å². The van der Waals surface area contributed by atoms with Crippen LogP contribution in [0.5, 0.6) is 11.5 Å². The quantitative estimate of drug-likeness (QED) is 0.652. The zero-order valence-corrected chi connectivity index (χ0v) is 17.6. The molecule has 0 saturated carbocycles. The van der Waals surface area contributed by atoms with Gasteiger partial charge in [0.15, 0.2) is 17.3 Å². The summed E-state index contributed by atoms with van der Waals surface area (Å²) in [4.78, 5) is 13.3.